The Balaban J connectivity index is 2.23. The van der Waals surface area contributed by atoms with Crippen molar-refractivity contribution in [3.8, 4) is 0 Å². The predicted octanol–water partition coefficient (Wildman–Crippen LogP) is -0.150. The molecule has 0 aliphatic carbocycles. The number of aromatic nitrogens is 4. The summed E-state index contributed by atoms with van der Waals surface area (Å²) in [7, 11) is 1.70. The summed E-state index contributed by atoms with van der Waals surface area (Å²) in [5.74, 6) is 0.624. The van der Waals surface area contributed by atoms with Gasteiger partial charge in [0.05, 0.1) is 7.05 Å². The first-order valence-electron chi connectivity index (χ1n) is 5.16. The van der Waals surface area contributed by atoms with E-state index < -0.39 is 0 Å². The molecule has 1 aromatic heterocycles. The summed E-state index contributed by atoms with van der Waals surface area (Å²) in [6, 6.07) is -0.184. The molecule has 16 heavy (non-hydrogen) atoms. The van der Waals surface area contributed by atoms with Crippen LogP contribution in [0.4, 0.5) is 4.79 Å². The summed E-state index contributed by atoms with van der Waals surface area (Å²) in [5, 5.41) is 17.1. The zero-order valence-electron chi connectivity index (χ0n) is 10.1. The second-order valence-electron chi connectivity index (χ2n) is 4.58. The minimum atomic E-state index is -0.227. The van der Waals surface area contributed by atoms with Crippen LogP contribution >= 0.6 is 0 Å². The zero-order chi connectivity index (χ0) is 12.2. The van der Waals surface area contributed by atoms with Crippen LogP contribution in [-0.4, -0.2) is 38.3 Å². The van der Waals surface area contributed by atoms with Crippen LogP contribution in [0.5, 0.6) is 0 Å². The van der Waals surface area contributed by atoms with Crippen molar-refractivity contribution in [1.29, 1.82) is 0 Å². The third-order valence-electron chi connectivity index (χ3n) is 1.67. The first kappa shape index (κ1) is 12.4. The Bertz CT molecular complexity index is 353. The SMILES string of the molecule is Cn1nnc(CCNC(=O)NC(C)(C)C)n1. The van der Waals surface area contributed by atoms with Crippen molar-refractivity contribution in [2.75, 3.05) is 6.54 Å². The van der Waals surface area contributed by atoms with Gasteiger partial charge in [-0.1, -0.05) is 0 Å². The molecule has 2 N–H and O–H groups in total. The first-order valence-corrected chi connectivity index (χ1v) is 5.16. The van der Waals surface area contributed by atoms with Gasteiger partial charge in [0, 0.05) is 18.5 Å². The number of amides is 2. The fraction of sp³-hybridized carbons (Fsp3) is 0.778. The number of hydrogen-bond acceptors (Lipinski definition) is 4. The molecule has 1 heterocycles. The minimum Gasteiger partial charge on any atom is -0.338 e. The number of tetrazole rings is 1. The van der Waals surface area contributed by atoms with Gasteiger partial charge in [0.15, 0.2) is 5.82 Å². The van der Waals surface area contributed by atoms with Gasteiger partial charge < -0.3 is 10.6 Å². The number of hydrogen-bond donors (Lipinski definition) is 2. The Labute approximate surface area is 94.6 Å². The summed E-state index contributed by atoms with van der Waals surface area (Å²) < 4.78 is 0. The van der Waals surface area contributed by atoms with Gasteiger partial charge in [-0.05, 0) is 26.0 Å². The van der Waals surface area contributed by atoms with Crippen molar-refractivity contribution < 1.29 is 4.79 Å². The van der Waals surface area contributed by atoms with Crippen LogP contribution in [0.2, 0.25) is 0 Å². The molecular formula is C9H18N6O. The van der Waals surface area contributed by atoms with Gasteiger partial charge in [0.25, 0.3) is 0 Å². The summed E-state index contributed by atoms with van der Waals surface area (Å²) in [6.07, 6.45) is 0.575. The number of carbonyl (C=O) groups is 1. The van der Waals surface area contributed by atoms with E-state index in [0.29, 0.717) is 18.8 Å². The van der Waals surface area contributed by atoms with E-state index in [2.05, 4.69) is 26.0 Å². The fourth-order valence-corrected chi connectivity index (χ4v) is 1.10. The van der Waals surface area contributed by atoms with Crippen molar-refractivity contribution in [1.82, 2.24) is 30.8 Å². The lowest BCUT2D eigenvalue weighted by Crippen LogP contribution is -2.46. The molecule has 2 amide bonds. The van der Waals surface area contributed by atoms with Crippen molar-refractivity contribution in [2.45, 2.75) is 32.7 Å². The Morgan fingerprint density at radius 1 is 1.44 bits per heavy atom. The maximum atomic E-state index is 11.4. The van der Waals surface area contributed by atoms with Crippen LogP contribution in [0, 0.1) is 0 Å². The van der Waals surface area contributed by atoms with Gasteiger partial charge in [-0.15, -0.1) is 10.2 Å². The lowest BCUT2D eigenvalue weighted by Gasteiger charge is -2.20. The van der Waals surface area contributed by atoms with Gasteiger partial charge in [-0.3, -0.25) is 0 Å². The molecule has 7 heteroatoms. The number of nitrogens with zero attached hydrogens (tertiary/aromatic N) is 4. The molecule has 0 bridgehead atoms. The van der Waals surface area contributed by atoms with Crippen molar-refractivity contribution in [3.63, 3.8) is 0 Å². The lowest BCUT2D eigenvalue weighted by atomic mass is 10.1. The van der Waals surface area contributed by atoms with E-state index in [0.717, 1.165) is 0 Å². The fourth-order valence-electron chi connectivity index (χ4n) is 1.10. The van der Waals surface area contributed by atoms with Crippen molar-refractivity contribution in [2.24, 2.45) is 7.05 Å². The standard InChI is InChI=1S/C9H18N6O/c1-9(2,3)11-8(16)10-6-5-7-12-14-15(4)13-7/h5-6H2,1-4H3,(H2,10,11,16). The third kappa shape index (κ3) is 4.72. The normalized spacial score (nSPS) is 11.2. The van der Waals surface area contributed by atoms with Crippen LogP contribution in [0.25, 0.3) is 0 Å². The van der Waals surface area contributed by atoms with Gasteiger partial charge in [-0.25, -0.2) is 4.79 Å². The molecule has 0 radical (unpaired) electrons. The average molecular weight is 226 g/mol. The van der Waals surface area contributed by atoms with Crippen LogP contribution in [-0.2, 0) is 13.5 Å². The van der Waals surface area contributed by atoms with Gasteiger partial charge in [-0.2, -0.15) is 4.80 Å². The maximum absolute atomic E-state index is 11.4. The smallest absolute Gasteiger partial charge is 0.315 e. The highest BCUT2D eigenvalue weighted by Gasteiger charge is 2.12. The molecular weight excluding hydrogens is 208 g/mol. The van der Waals surface area contributed by atoms with Crippen LogP contribution < -0.4 is 10.6 Å². The first-order chi connectivity index (χ1) is 7.37. The van der Waals surface area contributed by atoms with Gasteiger partial charge in [0.1, 0.15) is 0 Å². The van der Waals surface area contributed by atoms with Crippen LogP contribution in [0.3, 0.4) is 0 Å². The summed E-state index contributed by atoms with van der Waals surface area (Å²) >= 11 is 0. The number of nitrogens with one attached hydrogen (secondary N) is 2. The topological polar surface area (TPSA) is 84.7 Å². The Kier molecular flexibility index (Phi) is 3.81. The van der Waals surface area contributed by atoms with E-state index in [-0.39, 0.29) is 11.6 Å². The second-order valence-corrected chi connectivity index (χ2v) is 4.58. The predicted molar refractivity (Wildman–Crippen MR) is 58.8 cm³/mol. The summed E-state index contributed by atoms with van der Waals surface area (Å²) in [5.41, 5.74) is -0.227. The highest BCUT2D eigenvalue weighted by Crippen LogP contribution is 1.97. The molecule has 0 unspecified atom stereocenters. The van der Waals surface area contributed by atoms with Crippen LogP contribution in [0.1, 0.15) is 26.6 Å². The van der Waals surface area contributed by atoms with Crippen molar-refractivity contribution in [3.05, 3.63) is 5.82 Å². The molecule has 0 aromatic carbocycles. The van der Waals surface area contributed by atoms with Gasteiger partial charge >= 0.3 is 6.03 Å². The molecule has 0 spiro atoms. The van der Waals surface area contributed by atoms with E-state index in [9.17, 15) is 4.79 Å². The molecule has 0 saturated carbocycles. The molecule has 0 aliphatic heterocycles. The van der Waals surface area contributed by atoms with E-state index in [1.807, 2.05) is 20.8 Å². The number of aryl methyl sites for hydroxylation is 1. The molecule has 0 saturated heterocycles. The quantitative estimate of drug-likeness (QED) is 0.750. The zero-order valence-corrected chi connectivity index (χ0v) is 10.1. The molecule has 1 aromatic rings. The maximum Gasteiger partial charge on any atom is 0.315 e. The van der Waals surface area contributed by atoms with Crippen molar-refractivity contribution >= 4 is 6.03 Å². The number of carbonyl (C=O) groups excluding carboxylic acids is 1. The molecule has 0 fully saturated rings. The summed E-state index contributed by atoms with van der Waals surface area (Å²) in [4.78, 5) is 12.8. The highest BCUT2D eigenvalue weighted by molar-refractivity contribution is 5.74. The second kappa shape index (κ2) is 4.91. The summed E-state index contributed by atoms with van der Waals surface area (Å²) in [6.45, 7) is 6.28. The minimum absolute atomic E-state index is 0.184. The highest BCUT2D eigenvalue weighted by atomic mass is 16.2. The van der Waals surface area contributed by atoms with E-state index >= 15 is 0 Å². The van der Waals surface area contributed by atoms with Gasteiger partial charge in [0.2, 0.25) is 0 Å². The average Bonchev–Trinajstić information content (AvgIpc) is 2.48. The Hall–Kier alpha value is -1.66. The number of rotatable bonds is 3. The third-order valence-corrected chi connectivity index (χ3v) is 1.67. The Morgan fingerprint density at radius 3 is 2.62 bits per heavy atom. The van der Waals surface area contributed by atoms with E-state index in [1.54, 1.807) is 7.05 Å². The number of urea groups is 1. The molecule has 0 aliphatic rings. The molecule has 7 nitrogen and oxygen atoms in total. The monoisotopic (exact) mass is 226 g/mol. The molecule has 90 valence electrons. The van der Waals surface area contributed by atoms with Crippen LogP contribution in [0.15, 0.2) is 0 Å². The largest absolute Gasteiger partial charge is 0.338 e. The molecule has 1 rings (SSSR count). The van der Waals surface area contributed by atoms with E-state index in [1.165, 1.54) is 4.80 Å². The van der Waals surface area contributed by atoms with E-state index in [4.69, 9.17) is 0 Å². The molecule has 0 atom stereocenters. The Morgan fingerprint density at radius 2 is 2.12 bits per heavy atom. The lowest BCUT2D eigenvalue weighted by molar-refractivity contribution is 0.232.